The molecule has 19 heavy (non-hydrogen) atoms. The maximum Gasteiger partial charge on any atom is 0.163 e. The number of aromatic nitrogens is 1. The van der Waals surface area contributed by atoms with E-state index in [4.69, 9.17) is 11.0 Å². The molecule has 1 aromatic carbocycles. The van der Waals surface area contributed by atoms with Crippen LogP contribution in [0, 0.1) is 11.3 Å². The van der Waals surface area contributed by atoms with Gasteiger partial charge in [0.2, 0.25) is 0 Å². The number of pyridine rings is 1. The van der Waals surface area contributed by atoms with Gasteiger partial charge in [-0.3, -0.25) is 0 Å². The zero-order valence-electron chi connectivity index (χ0n) is 10.9. The summed E-state index contributed by atoms with van der Waals surface area (Å²) < 4.78 is 0. The minimum Gasteiger partial charge on any atom is -0.398 e. The molecule has 2 rings (SSSR count). The zero-order chi connectivity index (χ0) is 13.7. The first-order chi connectivity index (χ1) is 9.26. The molecule has 4 heteroatoms. The van der Waals surface area contributed by atoms with Crippen molar-refractivity contribution < 1.29 is 0 Å². The predicted molar refractivity (Wildman–Crippen MR) is 76.5 cm³/mol. The van der Waals surface area contributed by atoms with Crippen LogP contribution in [0.5, 0.6) is 0 Å². The highest BCUT2D eigenvalue weighted by atomic mass is 15.1. The largest absolute Gasteiger partial charge is 0.398 e. The van der Waals surface area contributed by atoms with Crippen molar-refractivity contribution in [2.45, 2.75) is 13.5 Å². The molecule has 0 spiro atoms. The summed E-state index contributed by atoms with van der Waals surface area (Å²) in [7, 11) is 0. The molecule has 1 aromatic heterocycles. The molecule has 4 nitrogen and oxygen atoms in total. The molecule has 96 valence electrons. The Morgan fingerprint density at radius 3 is 2.74 bits per heavy atom. The fraction of sp³-hybridized carbons (Fsp3) is 0.200. The van der Waals surface area contributed by atoms with Gasteiger partial charge in [0.25, 0.3) is 0 Å². The van der Waals surface area contributed by atoms with Crippen LogP contribution in [0.15, 0.2) is 42.6 Å². The van der Waals surface area contributed by atoms with Crippen molar-refractivity contribution in [2.24, 2.45) is 0 Å². The first-order valence-corrected chi connectivity index (χ1v) is 6.19. The molecular weight excluding hydrogens is 236 g/mol. The van der Waals surface area contributed by atoms with Crippen molar-refractivity contribution in [1.82, 2.24) is 4.98 Å². The van der Waals surface area contributed by atoms with Gasteiger partial charge in [-0.1, -0.05) is 18.2 Å². The molecule has 0 fully saturated rings. The minimum absolute atomic E-state index is 0.443. The van der Waals surface area contributed by atoms with Gasteiger partial charge in [0.1, 0.15) is 6.07 Å². The lowest BCUT2D eigenvalue weighted by Crippen LogP contribution is -2.23. The molecular formula is C15H16N4. The van der Waals surface area contributed by atoms with Crippen LogP contribution in [-0.4, -0.2) is 11.5 Å². The number of benzene rings is 1. The van der Waals surface area contributed by atoms with E-state index in [0.717, 1.165) is 23.5 Å². The van der Waals surface area contributed by atoms with Gasteiger partial charge < -0.3 is 10.6 Å². The van der Waals surface area contributed by atoms with Gasteiger partial charge in [-0.25, -0.2) is 4.98 Å². The number of nitrogens with two attached hydrogens (primary N) is 1. The van der Waals surface area contributed by atoms with Crippen LogP contribution in [0.25, 0.3) is 0 Å². The third kappa shape index (κ3) is 2.83. The van der Waals surface area contributed by atoms with Gasteiger partial charge in [-0.2, -0.15) is 5.26 Å². The Morgan fingerprint density at radius 1 is 1.26 bits per heavy atom. The molecule has 0 radical (unpaired) electrons. The monoisotopic (exact) mass is 252 g/mol. The van der Waals surface area contributed by atoms with Crippen LogP contribution in [0.2, 0.25) is 0 Å². The Labute approximate surface area is 113 Å². The van der Waals surface area contributed by atoms with E-state index >= 15 is 0 Å². The molecule has 0 saturated heterocycles. The molecule has 0 unspecified atom stereocenters. The SMILES string of the molecule is CCN(Cc1ccccc1N)c1cccnc1C#N. The summed E-state index contributed by atoms with van der Waals surface area (Å²) in [6, 6.07) is 13.6. The maximum absolute atomic E-state index is 9.12. The van der Waals surface area contributed by atoms with Crippen LogP contribution >= 0.6 is 0 Å². The van der Waals surface area contributed by atoms with Crippen molar-refractivity contribution in [2.75, 3.05) is 17.2 Å². The average molecular weight is 252 g/mol. The number of anilines is 2. The second-order valence-electron chi connectivity index (χ2n) is 4.20. The van der Waals surface area contributed by atoms with E-state index in [1.807, 2.05) is 43.3 Å². The highest BCUT2D eigenvalue weighted by Crippen LogP contribution is 2.21. The highest BCUT2D eigenvalue weighted by molar-refractivity contribution is 5.57. The summed E-state index contributed by atoms with van der Waals surface area (Å²) in [4.78, 5) is 6.19. The third-order valence-electron chi connectivity index (χ3n) is 3.03. The molecule has 0 aliphatic heterocycles. The van der Waals surface area contributed by atoms with E-state index in [2.05, 4.69) is 16.0 Å². The summed E-state index contributed by atoms with van der Waals surface area (Å²) in [5.74, 6) is 0. The summed E-state index contributed by atoms with van der Waals surface area (Å²) in [5, 5.41) is 9.12. The molecule has 0 amide bonds. The smallest absolute Gasteiger partial charge is 0.163 e. The molecule has 1 heterocycles. The lowest BCUT2D eigenvalue weighted by Gasteiger charge is -2.24. The quantitative estimate of drug-likeness (QED) is 0.849. The lowest BCUT2D eigenvalue weighted by molar-refractivity contribution is 0.828. The van der Waals surface area contributed by atoms with Crippen molar-refractivity contribution in [3.8, 4) is 6.07 Å². The Balaban J connectivity index is 2.31. The number of nitriles is 1. The van der Waals surface area contributed by atoms with E-state index < -0.39 is 0 Å². The third-order valence-corrected chi connectivity index (χ3v) is 3.03. The number of nitrogens with zero attached hydrogens (tertiary/aromatic N) is 3. The van der Waals surface area contributed by atoms with E-state index in [9.17, 15) is 0 Å². The van der Waals surface area contributed by atoms with Gasteiger partial charge in [-0.15, -0.1) is 0 Å². The Bertz CT molecular complexity index is 601. The summed E-state index contributed by atoms with van der Waals surface area (Å²) in [6.45, 7) is 3.51. The molecule has 0 aliphatic rings. The van der Waals surface area contributed by atoms with E-state index in [1.54, 1.807) is 6.20 Å². The van der Waals surface area contributed by atoms with Gasteiger partial charge in [0.15, 0.2) is 5.69 Å². The first-order valence-electron chi connectivity index (χ1n) is 6.19. The van der Waals surface area contributed by atoms with E-state index in [0.29, 0.717) is 12.2 Å². The highest BCUT2D eigenvalue weighted by Gasteiger charge is 2.11. The van der Waals surface area contributed by atoms with Crippen molar-refractivity contribution in [1.29, 1.82) is 5.26 Å². The number of rotatable bonds is 4. The molecule has 0 saturated carbocycles. The number of hydrogen-bond donors (Lipinski definition) is 1. The van der Waals surface area contributed by atoms with Crippen LogP contribution in [0.1, 0.15) is 18.2 Å². The van der Waals surface area contributed by atoms with E-state index in [-0.39, 0.29) is 0 Å². The van der Waals surface area contributed by atoms with Gasteiger partial charge in [0, 0.05) is 25.0 Å². The van der Waals surface area contributed by atoms with Crippen LogP contribution in [0.3, 0.4) is 0 Å². The van der Waals surface area contributed by atoms with Crippen molar-refractivity contribution in [3.05, 3.63) is 53.9 Å². The van der Waals surface area contributed by atoms with Gasteiger partial charge in [-0.05, 0) is 30.7 Å². The van der Waals surface area contributed by atoms with Crippen LogP contribution in [-0.2, 0) is 6.54 Å². The Kier molecular flexibility index (Phi) is 3.99. The maximum atomic E-state index is 9.12. The Morgan fingerprint density at radius 2 is 2.05 bits per heavy atom. The van der Waals surface area contributed by atoms with Crippen molar-refractivity contribution in [3.63, 3.8) is 0 Å². The standard InChI is InChI=1S/C15H16N4/c1-2-19(11-12-6-3-4-7-13(12)17)15-8-5-9-18-14(15)10-16/h3-9H,2,11,17H2,1H3. The zero-order valence-corrected chi connectivity index (χ0v) is 10.9. The van der Waals surface area contributed by atoms with Gasteiger partial charge in [0.05, 0.1) is 5.69 Å². The molecule has 0 bridgehead atoms. The van der Waals surface area contributed by atoms with Crippen LogP contribution in [0.4, 0.5) is 11.4 Å². The molecule has 2 aromatic rings. The van der Waals surface area contributed by atoms with Gasteiger partial charge >= 0.3 is 0 Å². The normalized spacial score (nSPS) is 9.89. The fourth-order valence-corrected chi connectivity index (χ4v) is 1.99. The topological polar surface area (TPSA) is 65.9 Å². The summed E-state index contributed by atoms with van der Waals surface area (Å²) in [5.41, 5.74) is 9.07. The number of hydrogen-bond acceptors (Lipinski definition) is 4. The van der Waals surface area contributed by atoms with Crippen molar-refractivity contribution >= 4 is 11.4 Å². The number of nitrogen functional groups attached to an aromatic ring is 1. The number of para-hydroxylation sites is 1. The summed E-state index contributed by atoms with van der Waals surface area (Å²) >= 11 is 0. The predicted octanol–water partition coefficient (Wildman–Crippen LogP) is 2.56. The molecule has 2 N–H and O–H groups in total. The lowest BCUT2D eigenvalue weighted by atomic mass is 10.1. The second-order valence-corrected chi connectivity index (χ2v) is 4.20. The second kappa shape index (κ2) is 5.87. The Hall–Kier alpha value is -2.54. The first kappa shape index (κ1) is 12.9. The fourth-order valence-electron chi connectivity index (χ4n) is 1.99. The van der Waals surface area contributed by atoms with Crippen LogP contribution < -0.4 is 10.6 Å². The molecule has 0 aliphatic carbocycles. The van der Waals surface area contributed by atoms with E-state index in [1.165, 1.54) is 0 Å². The minimum atomic E-state index is 0.443. The average Bonchev–Trinajstić information content (AvgIpc) is 2.46. The summed E-state index contributed by atoms with van der Waals surface area (Å²) in [6.07, 6.45) is 1.63. The molecule has 0 atom stereocenters.